The summed E-state index contributed by atoms with van der Waals surface area (Å²) in [6.07, 6.45) is 34.3. The third-order valence-electron chi connectivity index (χ3n) is 14.0. The molecule has 0 aromatic heterocycles. The molecular formula is C48H94O3. The van der Waals surface area contributed by atoms with Crippen LogP contribution in [0.1, 0.15) is 236 Å². The summed E-state index contributed by atoms with van der Waals surface area (Å²) in [5, 5.41) is 19.6. The highest BCUT2D eigenvalue weighted by atomic mass is 16.3. The van der Waals surface area contributed by atoms with Crippen LogP contribution in [0.5, 0.6) is 0 Å². The third kappa shape index (κ3) is 23.9. The summed E-state index contributed by atoms with van der Waals surface area (Å²) < 4.78 is 0. The Morgan fingerprint density at radius 2 is 0.824 bits per heavy atom. The second kappa shape index (κ2) is 29.9. The van der Waals surface area contributed by atoms with Crippen LogP contribution < -0.4 is 0 Å². The summed E-state index contributed by atoms with van der Waals surface area (Å²) in [5.74, 6) is 7.41. The molecule has 0 spiro atoms. The fraction of sp³-hybridized carbons (Fsp3) is 0.979. The van der Waals surface area contributed by atoms with Crippen molar-refractivity contribution >= 4 is 5.78 Å². The molecule has 11 atom stereocenters. The number of hydrogen-bond acceptors (Lipinski definition) is 3. The van der Waals surface area contributed by atoms with Gasteiger partial charge in [-0.15, -0.1) is 0 Å². The van der Waals surface area contributed by atoms with E-state index in [1.807, 2.05) is 0 Å². The standard InChI is InChI=1S/2C16H32O.C16H30O/c3*1-4-13(2)7-5-8-14(3)11-12-15-9-6-10-16(15)17/h2*13-17H,4-12H2,1-3H3;13-15H,4-12H2,1-3H3. The lowest BCUT2D eigenvalue weighted by molar-refractivity contribution is -0.120. The van der Waals surface area contributed by atoms with Crippen LogP contribution in [0.2, 0.25) is 0 Å². The number of rotatable bonds is 24. The third-order valence-corrected chi connectivity index (χ3v) is 14.0. The molecule has 0 bridgehead atoms. The van der Waals surface area contributed by atoms with Gasteiger partial charge in [-0.25, -0.2) is 0 Å². The molecular weight excluding hydrogens is 625 g/mol. The van der Waals surface area contributed by atoms with E-state index in [0.717, 1.165) is 67.6 Å². The number of aliphatic hydroxyl groups is 2. The molecule has 0 aliphatic heterocycles. The Morgan fingerprint density at radius 1 is 0.471 bits per heavy atom. The molecule has 0 saturated heterocycles. The molecule has 3 heteroatoms. The summed E-state index contributed by atoms with van der Waals surface area (Å²) in [4.78, 5) is 11.5. The van der Waals surface area contributed by atoms with Crippen molar-refractivity contribution < 1.29 is 15.0 Å². The van der Waals surface area contributed by atoms with E-state index in [9.17, 15) is 15.0 Å². The Balaban J connectivity index is 0.000000382. The molecule has 51 heavy (non-hydrogen) atoms. The maximum atomic E-state index is 11.5. The van der Waals surface area contributed by atoms with Gasteiger partial charge in [0.25, 0.3) is 0 Å². The number of Topliss-reactive ketones (excluding diaryl/α,β-unsaturated/α-hetero) is 1. The molecule has 3 aliphatic carbocycles. The van der Waals surface area contributed by atoms with E-state index < -0.39 is 0 Å². The zero-order chi connectivity index (χ0) is 38.0. The summed E-state index contributed by atoms with van der Waals surface area (Å²) in [6, 6.07) is 0. The van der Waals surface area contributed by atoms with E-state index in [-0.39, 0.29) is 12.2 Å². The second-order valence-corrected chi connectivity index (χ2v) is 19.0. The Morgan fingerprint density at radius 3 is 1.12 bits per heavy atom. The van der Waals surface area contributed by atoms with E-state index in [2.05, 4.69) is 62.3 Å². The van der Waals surface area contributed by atoms with Crippen molar-refractivity contribution in [3.63, 3.8) is 0 Å². The van der Waals surface area contributed by atoms with Gasteiger partial charge in [-0.2, -0.15) is 0 Å². The van der Waals surface area contributed by atoms with Gasteiger partial charge in [-0.3, -0.25) is 4.79 Å². The van der Waals surface area contributed by atoms with Gasteiger partial charge in [0.2, 0.25) is 0 Å². The van der Waals surface area contributed by atoms with Crippen LogP contribution in [0.4, 0.5) is 0 Å². The van der Waals surface area contributed by atoms with Gasteiger partial charge >= 0.3 is 0 Å². The van der Waals surface area contributed by atoms with Crippen LogP contribution in [-0.2, 0) is 4.79 Å². The zero-order valence-corrected chi connectivity index (χ0v) is 36.2. The summed E-state index contributed by atoms with van der Waals surface area (Å²) >= 11 is 0. The van der Waals surface area contributed by atoms with Gasteiger partial charge in [-0.1, -0.05) is 171 Å². The van der Waals surface area contributed by atoms with E-state index in [0.29, 0.717) is 23.5 Å². The Bertz CT molecular complexity index is 768. The maximum absolute atomic E-state index is 11.5. The zero-order valence-electron chi connectivity index (χ0n) is 36.2. The van der Waals surface area contributed by atoms with Crippen molar-refractivity contribution in [2.24, 2.45) is 53.3 Å². The van der Waals surface area contributed by atoms with Gasteiger partial charge in [0.05, 0.1) is 12.2 Å². The molecule has 0 heterocycles. The molecule has 11 unspecified atom stereocenters. The van der Waals surface area contributed by atoms with E-state index in [1.165, 1.54) is 141 Å². The molecule has 3 rings (SSSR count). The summed E-state index contributed by atoms with van der Waals surface area (Å²) in [7, 11) is 0. The van der Waals surface area contributed by atoms with Crippen LogP contribution in [-0.4, -0.2) is 28.2 Å². The lowest BCUT2D eigenvalue weighted by Crippen LogP contribution is -2.14. The SMILES string of the molecule is CCC(C)CCCC(C)CCC1CCCC1=O.CCC(C)CCCC(C)CCC1CCCC1O.CCC(C)CCCC(C)CCC1CCCC1O. The average molecular weight is 719 g/mol. The first-order valence-corrected chi connectivity index (χ1v) is 23.3. The average Bonchev–Trinajstić information content (AvgIpc) is 3.86. The van der Waals surface area contributed by atoms with Crippen LogP contribution >= 0.6 is 0 Å². The fourth-order valence-corrected chi connectivity index (χ4v) is 8.87. The molecule has 0 aromatic rings. The predicted molar refractivity (Wildman–Crippen MR) is 224 cm³/mol. The topological polar surface area (TPSA) is 57.5 Å². The highest BCUT2D eigenvalue weighted by molar-refractivity contribution is 5.82. The van der Waals surface area contributed by atoms with Crippen molar-refractivity contribution in [3.8, 4) is 0 Å². The van der Waals surface area contributed by atoms with Crippen LogP contribution in [0.15, 0.2) is 0 Å². The summed E-state index contributed by atoms with van der Waals surface area (Å²) in [5.41, 5.74) is 0. The lowest BCUT2D eigenvalue weighted by Gasteiger charge is -2.18. The fourth-order valence-electron chi connectivity index (χ4n) is 8.87. The summed E-state index contributed by atoms with van der Waals surface area (Å²) in [6.45, 7) is 21.1. The van der Waals surface area contributed by atoms with Crippen molar-refractivity contribution in [3.05, 3.63) is 0 Å². The Labute approximate surface area is 321 Å². The number of aliphatic hydroxyl groups excluding tert-OH is 2. The molecule has 3 fully saturated rings. The van der Waals surface area contributed by atoms with Crippen molar-refractivity contribution in [2.45, 2.75) is 248 Å². The van der Waals surface area contributed by atoms with Crippen molar-refractivity contribution in [1.82, 2.24) is 0 Å². The van der Waals surface area contributed by atoms with Crippen LogP contribution in [0, 0.1) is 53.3 Å². The lowest BCUT2D eigenvalue weighted by atomic mass is 9.90. The van der Waals surface area contributed by atoms with Crippen molar-refractivity contribution in [2.75, 3.05) is 0 Å². The predicted octanol–water partition coefficient (Wildman–Crippen LogP) is 14.5. The quantitative estimate of drug-likeness (QED) is 0.104. The molecule has 304 valence electrons. The Hall–Kier alpha value is -0.410. The minimum absolute atomic E-state index is 0.0160. The van der Waals surface area contributed by atoms with Gasteiger partial charge in [0.1, 0.15) is 5.78 Å². The first-order chi connectivity index (χ1) is 24.4. The van der Waals surface area contributed by atoms with Gasteiger partial charge in [0, 0.05) is 12.3 Å². The monoisotopic (exact) mass is 719 g/mol. The number of ketones is 1. The van der Waals surface area contributed by atoms with E-state index >= 15 is 0 Å². The molecule has 0 amide bonds. The maximum Gasteiger partial charge on any atom is 0.135 e. The minimum Gasteiger partial charge on any atom is -0.393 e. The van der Waals surface area contributed by atoms with E-state index in [4.69, 9.17) is 0 Å². The number of carbonyl (C=O) groups excluding carboxylic acids is 1. The normalized spacial score (nSPS) is 26.8. The van der Waals surface area contributed by atoms with E-state index in [1.54, 1.807) is 0 Å². The first kappa shape index (κ1) is 48.6. The Kier molecular flexibility index (Phi) is 28.5. The van der Waals surface area contributed by atoms with Crippen molar-refractivity contribution in [1.29, 1.82) is 0 Å². The van der Waals surface area contributed by atoms with Gasteiger partial charge in [0.15, 0.2) is 0 Å². The molecule has 3 saturated carbocycles. The van der Waals surface area contributed by atoms with Crippen LogP contribution in [0.3, 0.4) is 0 Å². The highest BCUT2D eigenvalue weighted by Gasteiger charge is 2.26. The molecule has 3 nitrogen and oxygen atoms in total. The molecule has 0 radical (unpaired) electrons. The van der Waals surface area contributed by atoms with Gasteiger partial charge < -0.3 is 10.2 Å². The number of hydrogen-bond donors (Lipinski definition) is 2. The highest BCUT2D eigenvalue weighted by Crippen LogP contribution is 2.33. The minimum atomic E-state index is 0.0160. The second-order valence-electron chi connectivity index (χ2n) is 19.0. The van der Waals surface area contributed by atoms with Crippen LogP contribution in [0.25, 0.3) is 0 Å². The smallest absolute Gasteiger partial charge is 0.135 e. The first-order valence-electron chi connectivity index (χ1n) is 23.3. The largest absolute Gasteiger partial charge is 0.393 e. The molecule has 2 N–H and O–H groups in total. The molecule has 0 aromatic carbocycles. The molecule has 3 aliphatic rings. The van der Waals surface area contributed by atoms with Gasteiger partial charge in [-0.05, 0) is 105 Å². The number of carbonyl (C=O) groups is 1.